The van der Waals surface area contributed by atoms with E-state index in [1.165, 1.54) is 62.9 Å². The lowest BCUT2D eigenvalue weighted by molar-refractivity contribution is -0.119. The van der Waals surface area contributed by atoms with Crippen LogP contribution in [0.4, 0.5) is 0 Å². The first-order valence-electron chi connectivity index (χ1n) is 10.1. The molecule has 1 aromatic rings. The van der Waals surface area contributed by atoms with Gasteiger partial charge in [0, 0.05) is 50.6 Å². The summed E-state index contributed by atoms with van der Waals surface area (Å²) >= 11 is 0. The largest absolute Gasteiger partial charge is 0.355 e. The van der Waals surface area contributed by atoms with Crippen molar-refractivity contribution in [1.29, 1.82) is 0 Å². The lowest BCUT2D eigenvalue weighted by Crippen LogP contribution is -2.56. The second-order valence-electron chi connectivity index (χ2n) is 8.43. The fraction of sp³-hybridized carbons (Fsp3) is 0.800. The summed E-state index contributed by atoms with van der Waals surface area (Å²) in [7, 11) is 2.13. The van der Waals surface area contributed by atoms with Crippen LogP contribution in [0.2, 0.25) is 0 Å². The van der Waals surface area contributed by atoms with Crippen molar-refractivity contribution in [3.8, 4) is 0 Å². The second kappa shape index (κ2) is 7.10. The molecule has 4 aliphatic rings. The van der Waals surface area contributed by atoms with E-state index < -0.39 is 0 Å². The van der Waals surface area contributed by atoms with Crippen LogP contribution < -0.4 is 5.32 Å². The predicted octanol–water partition coefficient (Wildman–Crippen LogP) is 2.78. The summed E-state index contributed by atoms with van der Waals surface area (Å²) in [6.45, 7) is 4.72. The zero-order valence-corrected chi connectivity index (χ0v) is 15.7. The molecule has 5 heteroatoms. The van der Waals surface area contributed by atoms with Gasteiger partial charge < -0.3 is 5.32 Å². The van der Waals surface area contributed by atoms with Gasteiger partial charge >= 0.3 is 0 Å². The molecule has 0 aromatic carbocycles. The number of carbonyl (C=O) groups excluding carboxylic acids is 1. The average molecular weight is 345 g/mol. The van der Waals surface area contributed by atoms with Crippen LogP contribution in [0.5, 0.6) is 0 Å². The normalized spacial score (nSPS) is 32.7. The number of nitrogens with one attached hydrogen (secondary N) is 1. The Morgan fingerprint density at radius 2 is 2.08 bits per heavy atom. The van der Waals surface area contributed by atoms with Crippen molar-refractivity contribution >= 4 is 5.91 Å². The van der Waals surface area contributed by atoms with E-state index in [2.05, 4.69) is 28.0 Å². The number of carbonyl (C=O) groups is 1. The van der Waals surface area contributed by atoms with Crippen molar-refractivity contribution in [1.82, 2.24) is 20.0 Å². The Morgan fingerprint density at radius 1 is 1.28 bits per heavy atom. The molecule has 1 aromatic heterocycles. The molecule has 4 heterocycles. The maximum atomic E-state index is 11.2. The van der Waals surface area contributed by atoms with Gasteiger partial charge in [-0.1, -0.05) is 19.3 Å². The highest BCUT2D eigenvalue weighted by atomic mass is 16.1. The molecule has 5 nitrogen and oxygen atoms in total. The van der Waals surface area contributed by atoms with Crippen molar-refractivity contribution in [2.24, 2.45) is 13.0 Å². The molecule has 5 rings (SSSR count). The number of nitrogens with zero attached hydrogens (tertiary/aromatic N) is 3. The highest BCUT2D eigenvalue weighted by Gasteiger charge is 2.41. The molecule has 0 spiro atoms. The molecule has 25 heavy (non-hydrogen) atoms. The van der Waals surface area contributed by atoms with Crippen LogP contribution >= 0.6 is 0 Å². The van der Waals surface area contributed by atoms with Crippen LogP contribution in [0.15, 0.2) is 6.07 Å². The maximum absolute atomic E-state index is 11.2. The molecular formula is C20H32N4O. The third-order valence-corrected chi connectivity index (χ3v) is 6.80. The minimum absolute atomic E-state index is 0.0861. The van der Waals surface area contributed by atoms with E-state index in [9.17, 15) is 4.79 Å². The summed E-state index contributed by atoms with van der Waals surface area (Å²) in [5.74, 6) is 2.11. The minimum atomic E-state index is 0.0861. The number of hydrogen-bond donors (Lipinski definition) is 1. The smallest absolute Gasteiger partial charge is 0.216 e. The monoisotopic (exact) mass is 344 g/mol. The van der Waals surface area contributed by atoms with Crippen molar-refractivity contribution in [2.75, 3.05) is 19.6 Å². The van der Waals surface area contributed by atoms with Gasteiger partial charge in [-0.2, -0.15) is 5.10 Å². The van der Waals surface area contributed by atoms with Crippen LogP contribution in [0.25, 0.3) is 0 Å². The summed E-state index contributed by atoms with van der Waals surface area (Å²) in [6, 6.07) is 2.94. The number of piperidine rings is 3. The van der Waals surface area contributed by atoms with Gasteiger partial charge in [0.1, 0.15) is 0 Å². The van der Waals surface area contributed by atoms with E-state index in [0.717, 1.165) is 19.0 Å². The van der Waals surface area contributed by atoms with Gasteiger partial charge in [-0.3, -0.25) is 14.4 Å². The first kappa shape index (κ1) is 17.1. The minimum Gasteiger partial charge on any atom is -0.355 e. The Bertz CT molecular complexity index is 619. The Balaban J connectivity index is 1.46. The van der Waals surface area contributed by atoms with Crippen molar-refractivity contribution < 1.29 is 4.79 Å². The van der Waals surface area contributed by atoms with Crippen molar-refractivity contribution in [3.63, 3.8) is 0 Å². The zero-order chi connectivity index (χ0) is 17.4. The Kier molecular flexibility index (Phi) is 4.85. The predicted molar refractivity (Wildman–Crippen MR) is 98.5 cm³/mol. The summed E-state index contributed by atoms with van der Waals surface area (Å²) in [5.41, 5.74) is 2.77. The number of aromatic nitrogens is 2. The lowest BCUT2D eigenvalue weighted by atomic mass is 9.74. The highest BCUT2D eigenvalue weighted by Crippen LogP contribution is 2.42. The molecule has 1 amide bonds. The molecule has 1 unspecified atom stereocenters. The third kappa shape index (κ3) is 3.48. The van der Waals surface area contributed by atoms with Gasteiger partial charge in [0.2, 0.25) is 5.91 Å². The fourth-order valence-electron chi connectivity index (χ4n) is 5.40. The van der Waals surface area contributed by atoms with E-state index in [0.29, 0.717) is 17.9 Å². The number of fused-ring (bicyclic) bond motifs is 3. The highest BCUT2D eigenvalue weighted by molar-refractivity contribution is 5.72. The van der Waals surface area contributed by atoms with Crippen LogP contribution in [0.1, 0.15) is 75.1 Å². The van der Waals surface area contributed by atoms with Crippen LogP contribution in [0, 0.1) is 5.92 Å². The quantitative estimate of drug-likeness (QED) is 0.914. The van der Waals surface area contributed by atoms with Gasteiger partial charge in [-0.05, 0) is 44.2 Å². The number of amides is 1. The number of aryl methyl sites for hydroxylation is 1. The van der Waals surface area contributed by atoms with Crippen molar-refractivity contribution in [2.45, 2.75) is 69.7 Å². The van der Waals surface area contributed by atoms with E-state index >= 15 is 0 Å². The summed E-state index contributed by atoms with van der Waals surface area (Å²) in [5, 5.41) is 7.93. The zero-order valence-electron chi connectivity index (χ0n) is 15.7. The molecule has 1 saturated carbocycles. The standard InChI is InChI=1S/C20H32N4O/c1-14(25)21-12-17-10-16-8-9-24(17)13-18(16)20-11-19(22-23(20)2)15-6-4-3-5-7-15/h11,15-18H,3-10,12-13H2,1-2H3,(H,21,25)/t16-,17+,18+/m1/s1. The SMILES string of the molecule is CC(=O)NC[C@@H]1C[C@H]2CCN1C[C@@H]2c1cc(C2CCCCC2)nn1C. The fourth-order valence-corrected chi connectivity index (χ4v) is 5.40. The van der Waals surface area contributed by atoms with E-state index in [4.69, 9.17) is 5.10 Å². The number of hydrogen-bond acceptors (Lipinski definition) is 3. The average Bonchev–Trinajstić information content (AvgIpc) is 3.03. The first-order valence-corrected chi connectivity index (χ1v) is 10.1. The van der Waals surface area contributed by atoms with Gasteiger partial charge in [0.15, 0.2) is 0 Å². The second-order valence-corrected chi connectivity index (χ2v) is 8.43. The molecule has 3 saturated heterocycles. The molecule has 4 atom stereocenters. The van der Waals surface area contributed by atoms with Crippen LogP contribution in [-0.2, 0) is 11.8 Å². The topological polar surface area (TPSA) is 50.2 Å². The Morgan fingerprint density at radius 3 is 2.76 bits per heavy atom. The van der Waals surface area contributed by atoms with Gasteiger partial charge in [0.05, 0.1) is 5.69 Å². The molecule has 2 bridgehead atoms. The third-order valence-electron chi connectivity index (χ3n) is 6.80. The maximum Gasteiger partial charge on any atom is 0.216 e. The molecular weight excluding hydrogens is 312 g/mol. The van der Waals surface area contributed by atoms with E-state index in [1.54, 1.807) is 6.92 Å². The van der Waals surface area contributed by atoms with Gasteiger partial charge in [-0.25, -0.2) is 0 Å². The van der Waals surface area contributed by atoms with Gasteiger partial charge in [-0.15, -0.1) is 0 Å². The number of rotatable bonds is 4. The van der Waals surface area contributed by atoms with Crippen LogP contribution in [0.3, 0.4) is 0 Å². The van der Waals surface area contributed by atoms with Crippen molar-refractivity contribution in [3.05, 3.63) is 17.5 Å². The Labute approximate surface area is 151 Å². The molecule has 1 N–H and O–H groups in total. The summed E-state index contributed by atoms with van der Waals surface area (Å²) in [4.78, 5) is 13.8. The summed E-state index contributed by atoms with van der Waals surface area (Å²) in [6.07, 6.45) is 9.24. The molecule has 4 fully saturated rings. The molecule has 1 aliphatic carbocycles. The van der Waals surface area contributed by atoms with Crippen LogP contribution in [-0.4, -0.2) is 46.3 Å². The van der Waals surface area contributed by atoms with E-state index in [1.807, 2.05) is 0 Å². The summed E-state index contributed by atoms with van der Waals surface area (Å²) < 4.78 is 2.17. The lowest BCUT2D eigenvalue weighted by Gasteiger charge is -2.49. The first-order chi connectivity index (χ1) is 12.1. The molecule has 0 radical (unpaired) electrons. The van der Waals surface area contributed by atoms with E-state index in [-0.39, 0.29) is 5.91 Å². The van der Waals surface area contributed by atoms with Gasteiger partial charge in [0.25, 0.3) is 0 Å². The molecule has 3 aliphatic heterocycles. The molecule has 138 valence electrons. The Hall–Kier alpha value is -1.36.